The van der Waals surface area contributed by atoms with Crippen LogP contribution in [-0.4, -0.2) is 36.7 Å². The summed E-state index contributed by atoms with van der Waals surface area (Å²) in [6.45, 7) is 3.14. The number of amides is 1. The third-order valence-corrected chi connectivity index (χ3v) is 6.90. The van der Waals surface area contributed by atoms with Crippen LogP contribution in [0.15, 0.2) is 68.8 Å². The SMILES string of the molecule is CCS(=O)(=O)c1ccc(OCc2cc(=O)n3oc(C)cc3n2)c(NC(=O)c2cccc(OC)c2)c1. The van der Waals surface area contributed by atoms with Crippen LogP contribution in [0.2, 0.25) is 0 Å². The molecule has 0 saturated carbocycles. The van der Waals surface area contributed by atoms with E-state index < -0.39 is 21.3 Å². The Kier molecular flexibility index (Phi) is 6.61. The zero-order valence-electron chi connectivity index (χ0n) is 19.3. The highest BCUT2D eigenvalue weighted by Crippen LogP contribution is 2.30. The number of ether oxygens (including phenoxy) is 2. The Labute approximate surface area is 201 Å². The van der Waals surface area contributed by atoms with Crippen LogP contribution in [0.5, 0.6) is 11.5 Å². The molecule has 2 aromatic carbocycles. The molecule has 0 aliphatic rings. The number of nitrogens with one attached hydrogen (secondary N) is 1. The molecule has 0 bridgehead atoms. The average molecular weight is 498 g/mol. The maximum absolute atomic E-state index is 12.9. The number of sulfone groups is 1. The summed E-state index contributed by atoms with van der Waals surface area (Å²) >= 11 is 0. The van der Waals surface area contributed by atoms with E-state index in [1.807, 2.05) is 0 Å². The highest BCUT2D eigenvalue weighted by Gasteiger charge is 2.18. The fourth-order valence-corrected chi connectivity index (χ4v) is 4.26. The second-order valence-electron chi connectivity index (χ2n) is 7.62. The highest BCUT2D eigenvalue weighted by atomic mass is 32.2. The largest absolute Gasteiger partial charge is 0.497 e. The molecule has 0 unspecified atom stereocenters. The summed E-state index contributed by atoms with van der Waals surface area (Å²) in [5, 5.41) is 2.71. The molecule has 0 aliphatic carbocycles. The van der Waals surface area contributed by atoms with Gasteiger partial charge in [0.15, 0.2) is 15.5 Å². The molecule has 0 aliphatic heterocycles. The van der Waals surface area contributed by atoms with Crippen LogP contribution >= 0.6 is 0 Å². The topological polar surface area (TPSA) is 129 Å². The van der Waals surface area contributed by atoms with E-state index in [-0.39, 0.29) is 28.7 Å². The number of methoxy groups -OCH3 is 1. The van der Waals surface area contributed by atoms with Crippen molar-refractivity contribution in [2.45, 2.75) is 25.3 Å². The Morgan fingerprint density at radius 3 is 2.69 bits per heavy atom. The Bertz CT molecular complexity index is 1570. The molecular formula is C24H23N3O7S. The molecule has 0 spiro atoms. The summed E-state index contributed by atoms with van der Waals surface area (Å²) in [4.78, 5) is 29.6. The smallest absolute Gasteiger partial charge is 0.287 e. The zero-order valence-corrected chi connectivity index (χ0v) is 20.1. The first kappa shape index (κ1) is 24.0. The quantitative estimate of drug-likeness (QED) is 0.393. The Balaban J connectivity index is 1.65. The van der Waals surface area contributed by atoms with Crippen molar-refractivity contribution in [3.8, 4) is 11.5 Å². The molecule has 1 amide bonds. The van der Waals surface area contributed by atoms with Crippen molar-refractivity contribution in [1.29, 1.82) is 0 Å². The third-order valence-electron chi connectivity index (χ3n) is 5.17. The van der Waals surface area contributed by atoms with Gasteiger partial charge in [-0.3, -0.25) is 9.59 Å². The first-order valence-corrected chi connectivity index (χ1v) is 12.3. The van der Waals surface area contributed by atoms with E-state index >= 15 is 0 Å². The molecule has 182 valence electrons. The summed E-state index contributed by atoms with van der Waals surface area (Å²) in [5.41, 5.74) is 0.743. The van der Waals surface area contributed by atoms with Gasteiger partial charge in [0.1, 0.15) is 23.9 Å². The monoisotopic (exact) mass is 497 g/mol. The van der Waals surface area contributed by atoms with Crippen LogP contribution in [0.25, 0.3) is 5.65 Å². The van der Waals surface area contributed by atoms with Crippen LogP contribution in [0.1, 0.15) is 28.7 Å². The van der Waals surface area contributed by atoms with Gasteiger partial charge in [-0.05, 0) is 43.3 Å². The number of hydrogen-bond donors (Lipinski definition) is 1. The predicted octanol–water partition coefficient (Wildman–Crippen LogP) is 3.23. The first-order valence-electron chi connectivity index (χ1n) is 10.6. The molecule has 0 atom stereocenters. The van der Waals surface area contributed by atoms with E-state index in [1.165, 1.54) is 38.3 Å². The van der Waals surface area contributed by atoms with E-state index in [1.54, 1.807) is 37.3 Å². The van der Waals surface area contributed by atoms with Crippen molar-refractivity contribution in [2.24, 2.45) is 0 Å². The van der Waals surface area contributed by atoms with E-state index in [9.17, 15) is 18.0 Å². The van der Waals surface area contributed by atoms with Crippen molar-refractivity contribution >= 4 is 27.1 Å². The lowest BCUT2D eigenvalue weighted by atomic mass is 10.2. The molecule has 2 heterocycles. The summed E-state index contributed by atoms with van der Waals surface area (Å²) in [6, 6.07) is 13.6. The summed E-state index contributed by atoms with van der Waals surface area (Å²) in [6.07, 6.45) is 0. The summed E-state index contributed by atoms with van der Waals surface area (Å²) in [5.74, 6) is 0.656. The number of nitrogens with zero attached hydrogens (tertiary/aromatic N) is 2. The molecule has 10 nitrogen and oxygen atoms in total. The van der Waals surface area contributed by atoms with Crippen molar-refractivity contribution in [2.75, 3.05) is 18.2 Å². The second-order valence-corrected chi connectivity index (χ2v) is 9.90. The fourth-order valence-electron chi connectivity index (χ4n) is 3.35. The average Bonchev–Trinajstić information content (AvgIpc) is 3.24. The number of aromatic nitrogens is 2. The summed E-state index contributed by atoms with van der Waals surface area (Å²) < 4.78 is 42.2. The van der Waals surface area contributed by atoms with Gasteiger partial charge in [-0.15, -0.1) is 4.57 Å². The van der Waals surface area contributed by atoms with E-state index in [0.29, 0.717) is 28.4 Å². The van der Waals surface area contributed by atoms with Gasteiger partial charge < -0.3 is 19.3 Å². The first-order chi connectivity index (χ1) is 16.7. The second kappa shape index (κ2) is 9.63. The lowest BCUT2D eigenvalue weighted by Crippen LogP contribution is -2.16. The van der Waals surface area contributed by atoms with Crippen LogP contribution in [0.4, 0.5) is 5.69 Å². The Hall–Kier alpha value is -4.12. The fraction of sp³-hybridized carbons (Fsp3) is 0.208. The molecule has 4 rings (SSSR count). The number of aryl methyl sites for hydroxylation is 1. The number of benzene rings is 2. The molecule has 0 fully saturated rings. The normalized spacial score (nSPS) is 11.4. The molecule has 2 aromatic heterocycles. The molecule has 11 heteroatoms. The lowest BCUT2D eigenvalue weighted by molar-refractivity contribution is 0.102. The summed E-state index contributed by atoms with van der Waals surface area (Å²) in [7, 11) is -2.05. The van der Waals surface area contributed by atoms with E-state index in [0.717, 1.165) is 4.57 Å². The number of rotatable bonds is 8. The lowest BCUT2D eigenvalue weighted by Gasteiger charge is -2.14. The van der Waals surface area contributed by atoms with Gasteiger partial charge in [0, 0.05) is 17.7 Å². The van der Waals surface area contributed by atoms with Gasteiger partial charge in [0.25, 0.3) is 11.5 Å². The third kappa shape index (κ3) is 5.19. The van der Waals surface area contributed by atoms with E-state index in [4.69, 9.17) is 14.0 Å². The highest BCUT2D eigenvalue weighted by molar-refractivity contribution is 7.91. The molecule has 0 saturated heterocycles. The van der Waals surface area contributed by atoms with Crippen molar-refractivity contribution < 1.29 is 27.2 Å². The standard InChI is InChI=1S/C24H23N3O7S/c1-4-35(30,31)19-8-9-21(20(13-19)26-24(29)16-6-5-7-18(11-16)32-3)33-14-17-12-23(28)27-22(25-17)10-15(2)34-27/h5-13H,4,14H2,1-3H3,(H,26,29). The van der Waals surface area contributed by atoms with Gasteiger partial charge in [-0.2, -0.15) is 0 Å². The van der Waals surface area contributed by atoms with Gasteiger partial charge >= 0.3 is 0 Å². The number of anilines is 1. The number of fused-ring (bicyclic) bond motifs is 1. The minimum Gasteiger partial charge on any atom is -0.497 e. The molecule has 4 aromatic rings. The minimum absolute atomic E-state index is 0.0416. The van der Waals surface area contributed by atoms with Gasteiger partial charge in [0.2, 0.25) is 0 Å². The predicted molar refractivity (Wildman–Crippen MR) is 128 cm³/mol. The van der Waals surface area contributed by atoms with Crippen LogP contribution in [0, 0.1) is 6.92 Å². The molecular weight excluding hydrogens is 474 g/mol. The minimum atomic E-state index is -3.54. The van der Waals surface area contributed by atoms with Gasteiger partial charge in [-0.1, -0.05) is 13.0 Å². The molecule has 0 radical (unpaired) electrons. The van der Waals surface area contributed by atoms with Gasteiger partial charge in [-0.25, -0.2) is 13.4 Å². The maximum Gasteiger partial charge on any atom is 0.287 e. The Morgan fingerprint density at radius 1 is 1.14 bits per heavy atom. The maximum atomic E-state index is 12.9. The Morgan fingerprint density at radius 2 is 1.94 bits per heavy atom. The molecule has 1 N–H and O–H groups in total. The number of carbonyl (C=O) groups is 1. The van der Waals surface area contributed by atoms with Crippen LogP contribution in [-0.2, 0) is 16.4 Å². The van der Waals surface area contributed by atoms with E-state index in [2.05, 4.69) is 10.3 Å². The van der Waals surface area contributed by atoms with Crippen molar-refractivity contribution in [3.63, 3.8) is 0 Å². The zero-order chi connectivity index (χ0) is 25.2. The van der Waals surface area contributed by atoms with Crippen LogP contribution in [0.3, 0.4) is 0 Å². The number of carbonyl (C=O) groups excluding carboxylic acids is 1. The van der Waals surface area contributed by atoms with Crippen molar-refractivity contribution in [1.82, 2.24) is 9.56 Å². The van der Waals surface area contributed by atoms with Crippen LogP contribution < -0.4 is 20.3 Å². The number of hydrogen-bond acceptors (Lipinski definition) is 8. The molecule has 35 heavy (non-hydrogen) atoms. The van der Waals surface area contributed by atoms with Gasteiger partial charge in [0.05, 0.1) is 29.1 Å². The van der Waals surface area contributed by atoms with Crippen molar-refractivity contribution in [3.05, 3.63) is 82.0 Å².